The lowest BCUT2D eigenvalue weighted by Crippen LogP contribution is -2.05. The smallest absolute Gasteiger partial charge is 0.295 e. The number of hydrogen-bond donors (Lipinski definition) is 2. The number of hydrogen-bond acceptors (Lipinski definition) is 4. The van der Waals surface area contributed by atoms with Crippen molar-refractivity contribution in [2.45, 2.75) is 6.54 Å². The molecular weight excluding hydrogens is 270 g/mol. The van der Waals surface area contributed by atoms with E-state index in [0.29, 0.717) is 0 Å². The average molecular weight is 280 g/mol. The van der Waals surface area contributed by atoms with E-state index < -0.39 is 28.0 Å². The summed E-state index contributed by atoms with van der Waals surface area (Å²) in [5.74, 6) is -2.18. The van der Waals surface area contributed by atoms with E-state index in [1.807, 2.05) is 0 Å². The number of nitro groups is 1. The van der Waals surface area contributed by atoms with E-state index in [2.05, 4.69) is 5.32 Å². The first-order valence-electron chi connectivity index (χ1n) is 5.64. The number of nitrogens with one attached hydrogen (secondary N) is 1. The number of halogens is 2. The van der Waals surface area contributed by atoms with Crippen LogP contribution in [0.15, 0.2) is 36.4 Å². The van der Waals surface area contributed by atoms with Crippen molar-refractivity contribution in [1.29, 1.82) is 0 Å². The summed E-state index contributed by atoms with van der Waals surface area (Å²) < 4.78 is 26.7. The number of anilines is 1. The van der Waals surface area contributed by atoms with Gasteiger partial charge in [0.25, 0.3) is 5.69 Å². The molecule has 0 saturated heterocycles. The Morgan fingerprint density at radius 2 is 1.80 bits per heavy atom. The van der Waals surface area contributed by atoms with Crippen molar-refractivity contribution in [3.8, 4) is 5.75 Å². The standard InChI is InChI=1S/C13H10F2N2O3/c14-9-4-2-6-11(17(19)20)12(9)16-7-8-3-1-5-10(15)13(8)18/h1-6,16,18H,7H2. The Kier molecular flexibility index (Phi) is 3.79. The second-order valence-electron chi connectivity index (χ2n) is 3.99. The zero-order valence-corrected chi connectivity index (χ0v) is 10.1. The fraction of sp³-hybridized carbons (Fsp3) is 0.0769. The van der Waals surface area contributed by atoms with Gasteiger partial charge in [0.05, 0.1) is 4.92 Å². The first-order chi connectivity index (χ1) is 9.50. The Morgan fingerprint density at radius 1 is 1.15 bits per heavy atom. The molecule has 0 heterocycles. The number of para-hydroxylation sites is 2. The molecule has 0 atom stereocenters. The van der Waals surface area contributed by atoms with Gasteiger partial charge in [0.15, 0.2) is 17.4 Å². The van der Waals surface area contributed by atoms with Gasteiger partial charge in [0, 0.05) is 18.2 Å². The van der Waals surface area contributed by atoms with Gasteiger partial charge >= 0.3 is 0 Å². The van der Waals surface area contributed by atoms with Crippen LogP contribution in [0.25, 0.3) is 0 Å². The lowest BCUT2D eigenvalue weighted by atomic mass is 10.2. The number of phenolic OH excluding ortho intramolecular Hbond substituents is 1. The minimum absolute atomic E-state index is 0.147. The SMILES string of the molecule is O=[N+]([O-])c1cccc(F)c1NCc1cccc(F)c1O. The molecule has 20 heavy (non-hydrogen) atoms. The van der Waals surface area contributed by atoms with Gasteiger partial charge in [-0.3, -0.25) is 10.1 Å². The van der Waals surface area contributed by atoms with E-state index in [0.717, 1.165) is 18.2 Å². The summed E-state index contributed by atoms with van der Waals surface area (Å²) in [6, 6.07) is 7.32. The zero-order chi connectivity index (χ0) is 14.7. The lowest BCUT2D eigenvalue weighted by molar-refractivity contribution is -0.384. The molecule has 104 valence electrons. The summed E-state index contributed by atoms with van der Waals surface area (Å²) in [4.78, 5) is 10.1. The molecule has 5 nitrogen and oxygen atoms in total. The molecule has 0 aliphatic carbocycles. The molecule has 7 heteroatoms. The number of aromatic hydroxyl groups is 1. The van der Waals surface area contributed by atoms with Crippen LogP contribution in [-0.2, 0) is 6.54 Å². The van der Waals surface area contributed by atoms with Gasteiger partial charge in [-0.15, -0.1) is 0 Å². The highest BCUT2D eigenvalue weighted by Gasteiger charge is 2.18. The summed E-state index contributed by atoms with van der Waals surface area (Å²) in [7, 11) is 0. The van der Waals surface area contributed by atoms with E-state index in [-0.39, 0.29) is 17.8 Å². The van der Waals surface area contributed by atoms with Crippen LogP contribution in [0.4, 0.5) is 20.2 Å². The normalized spacial score (nSPS) is 10.3. The average Bonchev–Trinajstić information content (AvgIpc) is 2.41. The first-order valence-corrected chi connectivity index (χ1v) is 5.64. The van der Waals surface area contributed by atoms with Crippen LogP contribution in [0.5, 0.6) is 5.75 Å². The van der Waals surface area contributed by atoms with E-state index in [1.54, 1.807) is 0 Å². The van der Waals surface area contributed by atoms with Crippen molar-refractivity contribution in [3.05, 3.63) is 63.7 Å². The fourth-order valence-corrected chi connectivity index (χ4v) is 1.73. The van der Waals surface area contributed by atoms with Crippen molar-refractivity contribution in [3.63, 3.8) is 0 Å². The Morgan fingerprint density at radius 3 is 2.50 bits per heavy atom. The third-order valence-corrected chi connectivity index (χ3v) is 2.71. The first kappa shape index (κ1) is 13.7. The molecule has 0 aromatic heterocycles. The monoisotopic (exact) mass is 280 g/mol. The van der Waals surface area contributed by atoms with Gasteiger partial charge in [-0.25, -0.2) is 8.78 Å². The second-order valence-corrected chi connectivity index (χ2v) is 3.99. The predicted octanol–water partition coefficient (Wildman–Crippen LogP) is 3.19. The molecule has 0 aliphatic rings. The summed E-state index contributed by atoms with van der Waals surface area (Å²) in [5, 5.41) is 22.8. The number of rotatable bonds is 4. The Bertz CT molecular complexity index is 662. The minimum atomic E-state index is -0.813. The van der Waals surface area contributed by atoms with Crippen molar-refractivity contribution < 1.29 is 18.8 Å². The fourth-order valence-electron chi connectivity index (χ4n) is 1.73. The summed E-state index contributed by atoms with van der Waals surface area (Å²) in [6.07, 6.45) is 0. The molecule has 0 aliphatic heterocycles. The van der Waals surface area contributed by atoms with Crippen molar-refractivity contribution in [2.75, 3.05) is 5.32 Å². The molecule has 2 rings (SSSR count). The highest BCUT2D eigenvalue weighted by atomic mass is 19.1. The predicted molar refractivity (Wildman–Crippen MR) is 68.4 cm³/mol. The molecule has 0 radical (unpaired) electrons. The Balaban J connectivity index is 2.27. The van der Waals surface area contributed by atoms with Crippen LogP contribution in [-0.4, -0.2) is 10.0 Å². The number of nitrogens with zero attached hydrogens (tertiary/aromatic N) is 1. The van der Waals surface area contributed by atoms with Gasteiger partial charge in [0.1, 0.15) is 5.69 Å². The molecule has 0 amide bonds. The van der Waals surface area contributed by atoms with Crippen molar-refractivity contribution in [1.82, 2.24) is 0 Å². The van der Waals surface area contributed by atoms with E-state index in [1.165, 1.54) is 18.2 Å². The van der Waals surface area contributed by atoms with Crippen LogP contribution in [0.1, 0.15) is 5.56 Å². The molecule has 0 fully saturated rings. The van der Waals surface area contributed by atoms with Gasteiger partial charge in [0.2, 0.25) is 0 Å². The molecule has 0 bridgehead atoms. The largest absolute Gasteiger partial charge is 0.505 e. The maximum Gasteiger partial charge on any atom is 0.295 e. The highest BCUT2D eigenvalue weighted by molar-refractivity contribution is 5.62. The molecule has 2 aromatic carbocycles. The summed E-state index contributed by atoms with van der Waals surface area (Å²) in [6.45, 7) is -0.147. The molecule has 2 aromatic rings. The molecule has 0 spiro atoms. The minimum Gasteiger partial charge on any atom is -0.505 e. The topological polar surface area (TPSA) is 75.4 Å². The second kappa shape index (κ2) is 5.52. The van der Waals surface area contributed by atoms with Gasteiger partial charge in [-0.05, 0) is 12.1 Å². The molecule has 0 saturated carbocycles. The van der Waals surface area contributed by atoms with Crippen LogP contribution < -0.4 is 5.32 Å². The zero-order valence-electron chi connectivity index (χ0n) is 10.1. The maximum absolute atomic E-state index is 13.6. The van der Waals surface area contributed by atoms with E-state index in [4.69, 9.17) is 0 Å². The highest BCUT2D eigenvalue weighted by Crippen LogP contribution is 2.29. The molecule has 0 unspecified atom stereocenters. The maximum atomic E-state index is 13.6. The van der Waals surface area contributed by atoms with Crippen LogP contribution >= 0.6 is 0 Å². The molecular formula is C13H10F2N2O3. The number of benzene rings is 2. The molecule has 2 N–H and O–H groups in total. The van der Waals surface area contributed by atoms with Gasteiger partial charge in [-0.1, -0.05) is 18.2 Å². The van der Waals surface area contributed by atoms with Crippen molar-refractivity contribution >= 4 is 11.4 Å². The Labute approximate surface area is 112 Å². The van der Waals surface area contributed by atoms with Crippen LogP contribution in [0.2, 0.25) is 0 Å². The van der Waals surface area contributed by atoms with E-state index >= 15 is 0 Å². The summed E-state index contributed by atoms with van der Waals surface area (Å²) in [5.41, 5.74) is -0.565. The van der Waals surface area contributed by atoms with Crippen LogP contribution in [0, 0.1) is 21.7 Å². The quantitative estimate of drug-likeness (QED) is 0.666. The van der Waals surface area contributed by atoms with Crippen LogP contribution in [0.3, 0.4) is 0 Å². The third kappa shape index (κ3) is 2.66. The van der Waals surface area contributed by atoms with Crippen molar-refractivity contribution in [2.24, 2.45) is 0 Å². The number of phenols is 1. The third-order valence-electron chi connectivity index (χ3n) is 2.71. The number of nitro benzene ring substituents is 1. The van der Waals surface area contributed by atoms with E-state index in [9.17, 15) is 24.0 Å². The summed E-state index contributed by atoms with van der Waals surface area (Å²) >= 11 is 0. The lowest BCUT2D eigenvalue weighted by Gasteiger charge is -2.09. The Hall–Kier alpha value is -2.70. The van der Waals surface area contributed by atoms with Gasteiger partial charge in [-0.2, -0.15) is 0 Å². The van der Waals surface area contributed by atoms with Gasteiger partial charge < -0.3 is 10.4 Å².